The second-order valence-electron chi connectivity index (χ2n) is 6.03. The van der Waals surface area contributed by atoms with Gasteiger partial charge in [0.05, 0.1) is 23.4 Å². The average molecular weight is 417 g/mol. The van der Waals surface area contributed by atoms with Crippen LogP contribution in [0.15, 0.2) is 64.3 Å². The van der Waals surface area contributed by atoms with Crippen molar-refractivity contribution in [2.45, 2.75) is 23.5 Å². The van der Waals surface area contributed by atoms with E-state index in [0.717, 1.165) is 29.2 Å². The van der Waals surface area contributed by atoms with Crippen LogP contribution in [-0.2, 0) is 5.75 Å². The normalized spacial score (nSPS) is 10.6. The Balaban J connectivity index is 1.39. The molecule has 0 bridgehead atoms. The van der Waals surface area contributed by atoms with E-state index in [1.807, 2.05) is 35.2 Å². The van der Waals surface area contributed by atoms with Gasteiger partial charge in [-0.15, -0.1) is 23.1 Å². The van der Waals surface area contributed by atoms with Gasteiger partial charge in [-0.2, -0.15) is 0 Å². The number of hydrogen-bond acceptors (Lipinski definition) is 5. The maximum Gasteiger partial charge on any atom is 0.252 e. The van der Waals surface area contributed by atoms with Gasteiger partial charge in [-0.25, -0.2) is 9.37 Å². The summed E-state index contributed by atoms with van der Waals surface area (Å²) in [6.07, 6.45) is 1.61. The molecule has 0 atom stereocenters. The summed E-state index contributed by atoms with van der Waals surface area (Å²) in [6, 6.07) is 13.6. The minimum Gasteiger partial charge on any atom is -0.494 e. The number of nitrogens with zero attached hydrogens (tertiary/aromatic N) is 1. The Hall–Kier alpha value is -2.38. The molecule has 28 heavy (non-hydrogen) atoms. The fraction of sp³-hybridized carbons (Fsp3) is 0.238. The number of carbonyl (C=O) groups excluding carboxylic acids is 1. The Morgan fingerprint density at radius 2 is 1.96 bits per heavy atom. The lowest BCUT2D eigenvalue weighted by Crippen LogP contribution is -2.25. The van der Waals surface area contributed by atoms with Crippen LogP contribution in [0.2, 0.25) is 0 Å². The first-order valence-corrected chi connectivity index (χ1v) is 10.9. The van der Waals surface area contributed by atoms with E-state index >= 15 is 0 Å². The van der Waals surface area contributed by atoms with Crippen molar-refractivity contribution >= 4 is 29.0 Å². The fourth-order valence-corrected chi connectivity index (χ4v) is 4.10. The van der Waals surface area contributed by atoms with Crippen LogP contribution < -0.4 is 10.1 Å². The van der Waals surface area contributed by atoms with Gasteiger partial charge in [0.1, 0.15) is 11.6 Å². The molecule has 1 N–H and O–H groups in total. The lowest BCUT2D eigenvalue weighted by Gasteiger charge is -2.10. The van der Waals surface area contributed by atoms with Crippen molar-refractivity contribution in [3.63, 3.8) is 0 Å². The van der Waals surface area contributed by atoms with Crippen LogP contribution in [0, 0.1) is 5.82 Å². The number of aromatic nitrogens is 1. The molecule has 1 heterocycles. The smallest absolute Gasteiger partial charge is 0.252 e. The van der Waals surface area contributed by atoms with Gasteiger partial charge in [-0.1, -0.05) is 12.1 Å². The van der Waals surface area contributed by atoms with Crippen LogP contribution >= 0.6 is 23.1 Å². The van der Waals surface area contributed by atoms with Crippen LogP contribution in [0.5, 0.6) is 5.75 Å². The predicted octanol–water partition coefficient (Wildman–Crippen LogP) is 5.16. The Bertz CT molecular complexity index is 870. The molecule has 0 aliphatic heterocycles. The summed E-state index contributed by atoms with van der Waals surface area (Å²) < 4.78 is 18.4. The zero-order valence-corrected chi connectivity index (χ0v) is 16.9. The highest BCUT2D eigenvalue weighted by Gasteiger charge is 2.11. The standard InChI is InChI=1S/C21H21FN2O2S2/c22-16-7-9-18(10-8-16)26-12-4-3-11-23-21(25)19-5-1-2-6-20(19)28-14-17-13-27-15-24-17/h1-2,5-10,13,15H,3-4,11-12,14H2,(H,23,25). The summed E-state index contributed by atoms with van der Waals surface area (Å²) in [5, 5.41) is 4.99. The monoisotopic (exact) mass is 416 g/mol. The van der Waals surface area contributed by atoms with Gasteiger partial charge >= 0.3 is 0 Å². The van der Waals surface area contributed by atoms with Crippen molar-refractivity contribution < 1.29 is 13.9 Å². The van der Waals surface area contributed by atoms with Crippen LogP contribution in [0.3, 0.4) is 0 Å². The third-order valence-electron chi connectivity index (χ3n) is 3.93. The maximum atomic E-state index is 12.8. The number of thiazole rings is 1. The topological polar surface area (TPSA) is 51.2 Å². The van der Waals surface area contributed by atoms with Crippen molar-refractivity contribution in [2.75, 3.05) is 13.2 Å². The Morgan fingerprint density at radius 1 is 1.14 bits per heavy atom. The summed E-state index contributed by atoms with van der Waals surface area (Å²) in [5.74, 6) is 1.05. The van der Waals surface area contributed by atoms with Crippen LogP contribution in [0.1, 0.15) is 28.9 Å². The molecule has 3 rings (SSSR count). The average Bonchev–Trinajstić information content (AvgIpc) is 3.24. The molecule has 0 radical (unpaired) electrons. The van der Waals surface area contributed by atoms with Crippen molar-refractivity contribution in [2.24, 2.45) is 0 Å². The Morgan fingerprint density at radius 3 is 2.75 bits per heavy atom. The first-order chi connectivity index (χ1) is 13.7. The van der Waals surface area contributed by atoms with Crippen molar-refractivity contribution in [3.8, 4) is 5.75 Å². The minimum absolute atomic E-state index is 0.0687. The van der Waals surface area contributed by atoms with Crippen LogP contribution in [-0.4, -0.2) is 24.0 Å². The van der Waals surface area contributed by atoms with Crippen LogP contribution in [0.4, 0.5) is 4.39 Å². The van der Waals surface area contributed by atoms with E-state index in [-0.39, 0.29) is 11.7 Å². The number of benzene rings is 2. The molecule has 146 valence electrons. The number of thioether (sulfide) groups is 1. The van der Waals surface area contributed by atoms with E-state index in [9.17, 15) is 9.18 Å². The van der Waals surface area contributed by atoms with E-state index in [4.69, 9.17) is 4.74 Å². The number of nitrogens with one attached hydrogen (secondary N) is 1. The minimum atomic E-state index is -0.278. The molecule has 3 aromatic rings. The number of hydrogen-bond donors (Lipinski definition) is 1. The summed E-state index contributed by atoms with van der Waals surface area (Å²) >= 11 is 3.19. The molecule has 1 amide bonds. The van der Waals surface area contributed by atoms with Crippen molar-refractivity contribution in [1.29, 1.82) is 0 Å². The number of amides is 1. The molecule has 0 aliphatic rings. The van der Waals surface area contributed by atoms with Gasteiger partial charge in [-0.3, -0.25) is 4.79 Å². The van der Waals surface area contributed by atoms with Crippen molar-refractivity contribution in [3.05, 3.63) is 76.5 Å². The van der Waals surface area contributed by atoms with Gasteiger partial charge in [0.2, 0.25) is 0 Å². The second kappa shape index (κ2) is 10.8. The molecular weight excluding hydrogens is 395 g/mol. The molecule has 2 aromatic carbocycles. The molecule has 1 aromatic heterocycles. The summed E-state index contributed by atoms with van der Waals surface area (Å²) in [4.78, 5) is 17.7. The molecule has 0 saturated heterocycles. The van der Waals surface area contributed by atoms with E-state index in [2.05, 4.69) is 10.3 Å². The largest absolute Gasteiger partial charge is 0.494 e. The SMILES string of the molecule is O=C(NCCCCOc1ccc(F)cc1)c1ccccc1SCc1cscn1. The number of ether oxygens (including phenoxy) is 1. The lowest BCUT2D eigenvalue weighted by molar-refractivity contribution is 0.0949. The van der Waals surface area contributed by atoms with Crippen LogP contribution in [0.25, 0.3) is 0 Å². The van der Waals surface area contributed by atoms with E-state index in [0.29, 0.717) is 24.5 Å². The van der Waals surface area contributed by atoms with E-state index in [1.165, 1.54) is 12.1 Å². The van der Waals surface area contributed by atoms with Gasteiger partial charge in [0.15, 0.2) is 0 Å². The quantitative estimate of drug-likeness (QED) is 0.366. The highest BCUT2D eigenvalue weighted by Crippen LogP contribution is 2.26. The molecule has 0 spiro atoms. The zero-order valence-electron chi connectivity index (χ0n) is 15.3. The molecule has 0 unspecified atom stereocenters. The third-order valence-corrected chi connectivity index (χ3v) is 5.67. The molecule has 4 nitrogen and oxygen atoms in total. The number of rotatable bonds is 10. The summed E-state index contributed by atoms with van der Waals surface area (Å²) in [6.45, 7) is 1.11. The number of unbranched alkanes of at least 4 members (excludes halogenated alkanes) is 1. The van der Waals surface area contributed by atoms with Gasteiger partial charge in [0.25, 0.3) is 5.91 Å². The predicted molar refractivity (Wildman–Crippen MR) is 112 cm³/mol. The third kappa shape index (κ3) is 6.35. The number of halogens is 1. The maximum absolute atomic E-state index is 12.8. The Kier molecular flexibility index (Phi) is 7.87. The first-order valence-electron chi connectivity index (χ1n) is 8.98. The molecule has 0 aliphatic carbocycles. The highest BCUT2D eigenvalue weighted by atomic mass is 32.2. The van der Waals surface area contributed by atoms with E-state index in [1.54, 1.807) is 35.2 Å². The fourth-order valence-electron chi connectivity index (χ4n) is 2.49. The molecule has 0 saturated carbocycles. The van der Waals surface area contributed by atoms with Gasteiger partial charge in [0, 0.05) is 22.6 Å². The second-order valence-corrected chi connectivity index (χ2v) is 7.77. The van der Waals surface area contributed by atoms with E-state index < -0.39 is 0 Å². The molecular formula is C21H21FN2O2S2. The van der Waals surface area contributed by atoms with Crippen molar-refractivity contribution in [1.82, 2.24) is 10.3 Å². The number of carbonyl (C=O) groups is 1. The zero-order chi connectivity index (χ0) is 19.6. The molecule has 7 heteroatoms. The lowest BCUT2D eigenvalue weighted by atomic mass is 10.2. The van der Waals surface area contributed by atoms with Gasteiger partial charge < -0.3 is 10.1 Å². The first kappa shape index (κ1) is 20.4. The summed E-state index contributed by atoms with van der Waals surface area (Å²) in [5.41, 5.74) is 3.52. The summed E-state index contributed by atoms with van der Waals surface area (Å²) in [7, 11) is 0. The molecule has 0 fully saturated rings. The van der Waals surface area contributed by atoms with Gasteiger partial charge in [-0.05, 0) is 49.2 Å². The Labute approximate surface area is 172 Å². The highest BCUT2D eigenvalue weighted by molar-refractivity contribution is 7.98.